The second-order valence-corrected chi connectivity index (χ2v) is 9.79. The molecule has 0 aromatic rings. The van der Waals surface area contributed by atoms with E-state index in [0.717, 1.165) is 51.4 Å². The van der Waals surface area contributed by atoms with Crippen molar-refractivity contribution < 1.29 is 69.5 Å². The fourth-order valence-corrected chi connectivity index (χ4v) is 4.50. The third-order valence-electron chi connectivity index (χ3n) is 5.57. The molecule has 0 aromatic carbocycles. The minimum absolute atomic E-state index is 0. The van der Waals surface area contributed by atoms with E-state index in [-0.39, 0.29) is 57.5 Å². The molecule has 0 saturated heterocycles. The van der Waals surface area contributed by atoms with Crippen molar-refractivity contribution in [3.8, 4) is 0 Å². The molecule has 28 heavy (non-hydrogen) atoms. The summed E-state index contributed by atoms with van der Waals surface area (Å²) in [5, 5.41) is 8.83. The van der Waals surface area contributed by atoms with Gasteiger partial charge in [0.2, 0.25) is 0 Å². The molecule has 2 atom stereocenters. The average molecular weight is 445 g/mol. The minimum Gasteiger partial charge on any atom is -0.748 e. The van der Waals surface area contributed by atoms with Crippen LogP contribution in [-0.4, -0.2) is 29.4 Å². The SMILES string of the molecule is CCCCC(CCCCCCCCCCCCCCC(O)CC)S(=O)(=O)[O-].[K+]. The Hall–Kier alpha value is 1.51. The van der Waals surface area contributed by atoms with Gasteiger partial charge in [-0.05, 0) is 25.7 Å². The topological polar surface area (TPSA) is 77.4 Å². The third-order valence-corrected chi connectivity index (χ3v) is 6.86. The summed E-state index contributed by atoms with van der Waals surface area (Å²) in [5.74, 6) is 0. The van der Waals surface area contributed by atoms with Crippen molar-refractivity contribution >= 4 is 10.1 Å². The number of aliphatic hydroxyl groups is 1. The van der Waals surface area contributed by atoms with E-state index < -0.39 is 15.4 Å². The van der Waals surface area contributed by atoms with Crippen molar-refractivity contribution in [3.63, 3.8) is 0 Å². The smallest absolute Gasteiger partial charge is 0.748 e. The Morgan fingerprint density at radius 1 is 0.679 bits per heavy atom. The molecule has 0 aliphatic rings. The number of unbranched alkanes of at least 4 members (excludes halogenated alkanes) is 12. The third kappa shape index (κ3) is 20.8. The van der Waals surface area contributed by atoms with Crippen molar-refractivity contribution in [2.75, 3.05) is 0 Å². The van der Waals surface area contributed by atoms with Crippen LogP contribution in [0.4, 0.5) is 0 Å². The van der Waals surface area contributed by atoms with Gasteiger partial charge < -0.3 is 9.66 Å². The van der Waals surface area contributed by atoms with Gasteiger partial charge in [0.05, 0.1) is 16.2 Å². The van der Waals surface area contributed by atoms with E-state index in [4.69, 9.17) is 0 Å². The standard InChI is InChI=1S/C22H46O4S.K/c1-3-5-19-22(27(24,25)26)20-17-15-13-11-9-7-6-8-10-12-14-16-18-21(23)4-2;/h21-23H,3-20H2,1-2H3,(H,24,25,26);/q;+1/p-1. The summed E-state index contributed by atoms with van der Waals surface area (Å²) in [5.41, 5.74) is 0. The Labute approximate surface area is 218 Å². The number of hydrogen-bond acceptors (Lipinski definition) is 4. The minimum atomic E-state index is -4.12. The van der Waals surface area contributed by atoms with E-state index in [1.165, 1.54) is 51.4 Å². The normalized spacial score (nSPS) is 13.9. The summed E-state index contributed by atoms with van der Waals surface area (Å²) in [6.07, 6.45) is 19.0. The molecule has 0 spiro atoms. The maximum Gasteiger partial charge on any atom is 1.00 e. The molecule has 0 radical (unpaired) electrons. The fourth-order valence-electron chi connectivity index (χ4n) is 3.59. The van der Waals surface area contributed by atoms with E-state index >= 15 is 0 Å². The number of aliphatic hydroxyl groups excluding tert-OH is 1. The second-order valence-electron chi connectivity index (χ2n) is 8.14. The Balaban J connectivity index is 0. The van der Waals surface area contributed by atoms with E-state index in [1.807, 2.05) is 13.8 Å². The van der Waals surface area contributed by atoms with Gasteiger partial charge in [0.1, 0.15) is 0 Å². The first-order chi connectivity index (χ1) is 12.9. The molecule has 6 heteroatoms. The Bertz CT molecular complexity index is 415. The van der Waals surface area contributed by atoms with Gasteiger partial charge in [0.15, 0.2) is 0 Å². The molecule has 1 N–H and O–H groups in total. The predicted octanol–water partition coefficient (Wildman–Crippen LogP) is 3.33. The maximum atomic E-state index is 11.3. The van der Waals surface area contributed by atoms with Gasteiger partial charge in [-0.25, -0.2) is 8.42 Å². The van der Waals surface area contributed by atoms with Crippen LogP contribution in [0.5, 0.6) is 0 Å². The molecular weight excluding hydrogens is 399 g/mol. The van der Waals surface area contributed by atoms with E-state index in [1.54, 1.807) is 0 Å². The van der Waals surface area contributed by atoms with Gasteiger partial charge in [0.25, 0.3) is 0 Å². The van der Waals surface area contributed by atoms with Crippen LogP contribution in [0.25, 0.3) is 0 Å². The first-order valence-electron chi connectivity index (χ1n) is 11.5. The molecule has 0 amide bonds. The molecule has 0 aliphatic heterocycles. The van der Waals surface area contributed by atoms with E-state index in [0.29, 0.717) is 12.8 Å². The van der Waals surface area contributed by atoms with Gasteiger partial charge >= 0.3 is 51.4 Å². The van der Waals surface area contributed by atoms with Crippen molar-refractivity contribution in [1.29, 1.82) is 0 Å². The van der Waals surface area contributed by atoms with Crippen LogP contribution in [0, 0.1) is 0 Å². The summed E-state index contributed by atoms with van der Waals surface area (Å²) < 4.78 is 33.8. The first-order valence-corrected chi connectivity index (χ1v) is 13.0. The number of hydrogen-bond donors (Lipinski definition) is 1. The maximum absolute atomic E-state index is 11.3. The first kappa shape index (κ1) is 31.7. The fraction of sp³-hybridized carbons (Fsp3) is 1.00. The van der Waals surface area contributed by atoms with Crippen LogP contribution in [-0.2, 0) is 10.1 Å². The van der Waals surface area contributed by atoms with Crippen molar-refractivity contribution in [1.82, 2.24) is 0 Å². The van der Waals surface area contributed by atoms with Gasteiger partial charge in [-0.1, -0.05) is 104 Å². The number of rotatable bonds is 20. The Morgan fingerprint density at radius 2 is 1.04 bits per heavy atom. The predicted molar refractivity (Wildman–Crippen MR) is 114 cm³/mol. The second kappa shape index (κ2) is 21.7. The summed E-state index contributed by atoms with van der Waals surface area (Å²) in [7, 11) is -4.12. The van der Waals surface area contributed by atoms with E-state index in [2.05, 4.69) is 0 Å². The Kier molecular flexibility index (Phi) is 24.6. The zero-order valence-corrected chi connectivity index (χ0v) is 22.9. The molecule has 2 unspecified atom stereocenters. The summed E-state index contributed by atoms with van der Waals surface area (Å²) in [6.45, 7) is 4.05. The van der Waals surface area contributed by atoms with Crippen molar-refractivity contribution in [3.05, 3.63) is 0 Å². The molecule has 0 aliphatic carbocycles. The van der Waals surface area contributed by atoms with Crippen LogP contribution in [0.3, 0.4) is 0 Å². The molecule has 0 rings (SSSR count). The molecule has 0 heterocycles. The van der Waals surface area contributed by atoms with Gasteiger partial charge in [-0.15, -0.1) is 0 Å². The molecule has 0 aromatic heterocycles. The van der Waals surface area contributed by atoms with Gasteiger partial charge in [-0.2, -0.15) is 0 Å². The molecule has 0 bridgehead atoms. The zero-order valence-electron chi connectivity index (χ0n) is 19.0. The zero-order chi connectivity index (χ0) is 20.4. The largest absolute Gasteiger partial charge is 1.00 e. The van der Waals surface area contributed by atoms with Crippen LogP contribution < -0.4 is 51.4 Å². The molecule has 0 fully saturated rings. The Morgan fingerprint density at radius 3 is 1.39 bits per heavy atom. The monoisotopic (exact) mass is 444 g/mol. The summed E-state index contributed by atoms with van der Waals surface area (Å²) in [6, 6.07) is 0. The molecule has 4 nitrogen and oxygen atoms in total. The van der Waals surface area contributed by atoms with Crippen molar-refractivity contribution in [2.45, 2.75) is 141 Å². The van der Waals surface area contributed by atoms with Crippen LogP contribution >= 0.6 is 0 Å². The molecule has 164 valence electrons. The van der Waals surface area contributed by atoms with Crippen molar-refractivity contribution in [2.24, 2.45) is 0 Å². The van der Waals surface area contributed by atoms with Crippen LogP contribution in [0.15, 0.2) is 0 Å². The average Bonchev–Trinajstić information content (AvgIpc) is 2.62. The summed E-state index contributed by atoms with van der Waals surface area (Å²) in [4.78, 5) is 0. The quantitative estimate of drug-likeness (QED) is 0.177. The van der Waals surface area contributed by atoms with Crippen LogP contribution in [0.1, 0.15) is 129 Å². The van der Waals surface area contributed by atoms with Gasteiger partial charge in [-0.3, -0.25) is 0 Å². The van der Waals surface area contributed by atoms with E-state index in [9.17, 15) is 18.1 Å². The van der Waals surface area contributed by atoms with Crippen LogP contribution in [0.2, 0.25) is 0 Å². The molecule has 0 saturated carbocycles. The van der Waals surface area contributed by atoms with Gasteiger partial charge in [0, 0.05) is 5.25 Å². The molecular formula is C22H45KO4S. The summed E-state index contributed by atoms with van der Waals surface area (Å²) >= 11 is 0.